The third-order valence-corrected chi connectivity index (χ3v) is 11.1. The van der Waals surface area contributed by atoms with E-state index in [4.69, 9.17) is 28.5 Å². The number of hydrogen-bond donors (Lipinski definition) is 3. The third-order valence-electron chi connectivity index (χ3n) is 11.1. The Bertz CT molecular complexity index is 1630. The van der Waals surface area contributed by atoms with E-state index in [1.807, 2.05) is 30.3 Å². The maximum Gasteiger partial charge on any atom is 0.410 e. The second kappa shape index (κ2) is 19.6. The van der Waals surface area contributed by atoms with Crippen LogP contribution < -0.4 is 9.47 Å². The van der Waals surface area contributed by atoms with Crippen molar-refractivity contribution in [3.63, 3.8) is 0 Å². The maximum absolute atomic E-state index is 13.7. The Balaban J connectivity index is 1.74. The van der Waals surface area contributed by atoms with E-state index in [9.17, 15) is 20.1 Å². The number of fused-ring (bicyclic) bond motifs is 2. The summed E-state index contributed by atoms with van der Waals surface area (Å²) in [4.78, 5) is 20.8. The molecule has 1 amide bonds. The van der Waals surface area contributed by atoms with Gasteiger partial charge in [0.2, 0.25) is 5.79 Å². The number of aryl methyl sites for hydroxylation is 2. The molecule has 0 radical (unpaired) electrons. The molecule has 2 aliphatic carbocycles. The highest BCUT2D eigenvalue weighted by atomic mass is 16.7. The van der Waals surface area contributed by atoms with Crippen molar-refractivity contribution in [3.8, 4) is 17.2 Å². The number of benzene rings is 2. The summed E-state index contributed by atoms with van der Waals surface area (Å²) in [5.74, 6) is 0.0954. The number of methoxy groups -OCH3 is 1. The fraction of sp³-hybridized carbons (Fsp3) is 0.571. The zero-order chi connectivity index (χ0) is 38.7. The van der Waals surface area contributed by atoms with E-state index >= 15 is 0 Å². The topological polar surface area (TPSA) is 149 Å². The van der Waals surface area contributed by atoms with Gasteiger partial charge in [-0.2, -0.15) is 0 Å². The lowest BCUT2D eigenvalue weighted by Gasteiger charge is -2.59. The van der Waals surface area contributed by atoms with Crippen molar-refractivity contribution < 1.29 is 48.6 Å². The summed E-state index contributed by atoms with van der Waals surface area (Å²) in [6.07, 6.45) is 8.25. The van der Waals surface area contributed by atoms with Crippen molar-refractivity contribution in [2.75, 3.05) is 60.4 Å². The fourth-order valence-corrected chi connectivity index (χ4v) is 8.56. The molecule has 6 unspecified atom stereocenters. The predicted octanol–water partition coefficient (Wildman–Crippen LogP) is 6.44. The number of aliphatic hydroxyl groups is 3. The molecule has 5 rings (SSSR count). The van der Waals surface area contributed by atoms with Crippen LogP contribution in [0.4, 0.5) is 4.79 Å². The Labute approximate surface area is 319 Å². The molecule has 1 saturated carbocycles. The summed E-state index contributed by atoms with van der Waals surface area (Å²) < 4.78 is 31.6. The number of aliphatic hydroxyl groups excluding tert-OH is 3. The summed E-state index contributed by atoms with van der Waals surface area (Å²) in [7, 11) is 2.85. The number of allylic oxidation sites excluding steroid dienone is 1. The standard InChI is InChI=1S/C42H58N2O10/c1-6-21-52-42-38(44(41(48)49-4)17-22-51-23-20-47)27-36(43-50-5)34-25-30(11-7-9-18-45)33(12-8-10-19-46)39(40(34)42)35-26-32(15-16-37(35)54-42)53-31-14-13-28(2)29(3)24-31/h6,13-16,24-26,30,33,38-40,45-47H,1,7-12,17-23,27H2,2-5H3. The first-order valence-electron chi connectivity index (χ1n) is 19.2. The summed E-state index contributed by atoms with van der Waals surface area (Å²) in [6, 6.07) is 11.2. The van der Waals surface area contributed by atoms with Gasteiger partial charge in [-0.3, -0.25) is 4.90 Å². The van der Waals surface area contributed by atoms with Gasteiger partial charge in [0.05, 0.1) is 45.2 Å². The molecule has 1 heterocycles. The minimum absolute atomic E-state index is 0.0669. The van der Waals surface area contributed by atoms with Gasteiger partial charge in [-0.25, -0.2) is 4.79 Å². The van der Waals surface area contributed by atoms with Gasteiger partial charge >= 0.3 is 6.09 Å². The van der Waals surface area contributed by atoms with Gasteiger partial charge in [-0.05, 0) is 98.4 Å². The Morgan fingerprint density at radius 2 is 1.72 bits per heavy atom. The van der Waals surface area contributed by atoms with E-state index in [0.717, 1.165) is 48.1 Å². The normalized spacial score (nSPS) is 24.8. The van der Waals surface area contributed by atoms with E-state index in [2.05, 4.69) is 37.7 Å². The van der Waals surface area contributed by atoms with E-state index in [0.29, 0.717) is 30.1 Å². The SMILES string of the molecule is C=CCOC12Oc3ccc(Oc4ccc(C)c(C)c4)cc3C3C(CCCCO)C(CCCCO)C=C(C(=NOC)CC1N(CCOCCO)C(=O)OC)C32. The molecular formula is C42H58N2O10. The summed E-state index contributed by atoms with van der Waals surface area (Å²) >= 11 is 0. The molecule has 1 aliphatic heterocycles. The smallest absolute Gasteiger partial charge is 0.410 e. The van der Waals surface area contributed by atoms with Crippen LogP contribution in [0.15, 0.2) is 65.9 Å². The third kappa shape index (κ3) is 8.95. The molecule has 3 N–H and O–H groups in total. The molecule has 0 saturated heterocycles. The molecule has 1 fully saturated rings. The fourth-order valence-electron chi connectivity index (χ4n) is 8.56. The maximum atomic E-state index is 13.7. The molecule has 12 heteroatoms. The number of oxime groups is 1. The number of rotatable bonds is 20. The summed E-state index contributed by atoms with van der Waals surface area (Å²) in [5.41, 5.74) is 4.88. The number of nitrogens with zero attached hydrogens (tertiary/aromatic N) is 2. The second-order valence-electron chi connectivity index (χ2n) is 14.3. The quantitative estimate of drug-likeness (QED) is 0.0785. The van der Waals surface area contributed by atoms with Crippen LogP contribution in [0.3, 0.4) is 0 Å². The zero-order valence-corrected chi connectivity index (χ0v) is 32.2. The lowest BCUT2D eigenvalue weighted by atomic mass is 9.55. The van der Waals surface area contributed by atoms with Crippen molar-refractivity contribution in [1.29, 1.82) is 0 Å². The monoisotopic (exact) mass is 750 g/mol. The van der Waals surface area contributed by atoms with E-state index in [1.54, 1.807) is 11.0 Å². The van der Waals surface area contributed by atoms with Gasteiger partial charge in [0, 0.05) is 37.7 Å². The van der Waals surface area contributed by atoms with E-state index < -0.39 is 23.8 Å². The van der Waals surface area contributed by atoms with Crippen molar-refractivity contribution in [2.24, 2.45) is 22.9 Å². The zero-order valence-electron chi connectivity index (χ0n) is 32.2. The average molecular weight is 751 g/mol. The minimum atomic E-state index is -1.42. The van der Waals surface area contributed by atoms with Crippen molar-refractivity contribution in [1.82, 2.24) is 4.90 Å². The van der Waals surface area contributed by atoms with Crippen LogP contribution in [-0.4, -0.2) is 104 Å². The molecule has 6 atom stereocenters. The Morgan fingerprint density at radius 3 is 2.41 bits per heavy atom. The lowest BCUT2D eigenvalue weighted by Crippen LogP contribution is -2.70. The molecule has 3 aliphatic rings. The highest BCUT2D eigenvalue weighted by Crippen LogP contribution is 2.62. The molecule has 0 bridgehead atoms. The van der Waals surface area contributed by atoms with Crippen LogP contribution in [-0.2, 0) is 19.0 Å². The number of hydrogen-bond acceptors (Lipinski definition) is 11. The van der Waals surface area contributed by atoms with E-state index in [1.165, 1.54) is 19.8 Å². The molecular weight excluding hydrogens is 692 g/mol. The van der Waals surface area contributed by atoms with Crippen molar-refractivity contribution in [2.45, 2.75) is 76.5 Å². The first-order chi connectivity index (χ1) is 26.3. The highest BCUT2D eigenvalue weighted by Gasteiger charge is 2.65. The van der Waals surface area contributed by atoms with Crippen molar-refractivity contribution >= 4 is 11.8 Å². The Morgan fingerprint density at radius 1 is 0.981 bits per heavy atom. The van der Waals surface area contributed by atoms with Gasteiger partial charge in [-0.1, -0.05) is 36.2 Å². The number of unbranched alkanes of at least 4 members (excludes halogenated alkanes) is 2. The number of carbonyl (C=O) groups is 1. The summed E-state index contributed by atoms with van der Waals surface area (Å²) in [5, 5.41) is 33.6. The first kappa shape index (κ1) is 41.2. The molecule has 0 spiro atoms. The highest BCUT2D eigenvalue weighted by molar-refractivity contribution is 6.02. The Kier molecular flexibility index (Phi) is 15.0. The van der Waals surface area contributed by atoms with Crippen LogP contribution in [0.1, 0.15) is 67.6 Å². The lowest BCUT2D eigenvalue weighted by molar-refractivity contribution is -0.255. The number of ether oxygens (including phenoxy) is 5. The van der Waals surface area contributed by atoms with Gasteiger partial charge < -0.3 is 43.8 Å². The molecule has 12 nitrogen and oxygen atoms in total. The molecule has 54 heavy (non-hydrogen) atoms. The first-order valence-corrected chi connectivity index (χ1v) is 19.2. The van der Waals surface area contributed by atoms with Gasteiger partial charge in [0.1, 0.15) is 30.4 Å². The van der Waals surface area contributed by atoms with Crippen LogP contribution in [0.25, 0.3) is 0 Å². The van der Waals surface area contributed by atoms with Gasteiger partial charge in [0.15, 0.2) is 0 Å². The van der Waals surface area contributed by atoms with Gasteiger partial charge in [0.25, 0.3) is 0 Å². The minimum Gasteiger partial charge on any atom is -0.459 e. The van der Waals surface area contributed by atoms with Crippen molar-refractivity contribution in [3.05, 3.63) is 77.4 Å². The predicted molar refractivity (Wildman–Crippen MR) is 205 cm³/mol. The van der Waals surface area contributed by atoms with Crippen LogP contribution in [0.2, 0.25) is 0 Å². The number of carbonyl (C=O) groups excluding carboxylic acids is 1. The summed E-state index contributed by atoms with van der Waals surface area (Å²) in [6.45, 7) is 8.69. The molecule has 2 aromatic carbocycles. The van der Waals surface area contributed by atoms with Gasteiger partial charge in [-0.15, -0.1) is 6.58 Å². The van der Waals surface area contributed by atoms with Crippen LogP contribution in [0, 0.1) is 31.6 Å². The average Bonchev–Trinajstić information content (AvgIpc) is 3.17. The van der Waals surface area contributed by atoms with E-state index in [-0.39, 0.29) is 70.4 Å². The largest absolute Gasteiger partial charge is 0.459 e. The second-order valence-corrected chi connectivity index (χ2v) is 14.3. The molecule has 0 aromatic heterocycles. The number of amides is 1. The van der Waals surface area contributed by atoms with Crippen LogP contribution >= 0.6 is 0 Å². The molecule has 296 valence electrons. The molecule has 2 aromatic rings. The van der Waals surface area contributed by atoms with Crippen LogP contribution in [0.5, 0.6) is 17.2 Å². The Hall–Kier alpha value is -3.94.